The van der Waals surface area contributed by atoms with Crippen molar-refractivity contribution in [3.63, 3.8) is 0 Å². The topological polar surface area (TPSA) is 61.4 Å². The number of hydrogen-bond acceptors (Lipinski definition) is 4. The van der Waals surface area contributed by atoms with E-state index in [0.29, 0.717) is 11.6 Å². The van der Waals surface area contributed by atoms with Crippen LogP contribution in [0.1, 0.15) is 17.1 Å². The van der Waals surface area contributed by atoms with Gasteiger partial charge >= 0.3 is 0 Å². The lowest BCUT2D eigenvalue weighted by atomic mass is 10.3. The molecule has 0 aliphatic heterocycles. The van der Waals surface area contributed by atoms with Crippen molar-refractivity contribution >= 4 is 11.0 Å². The number of hydrogen-bond donors (Lipinski definition) is 0. The van der Waals surface area contributed by atoms with Gasteiger partial charge < -0.3 is 0 Å². The lowest BCUT2D eigenvalue weighted by molar-refractivity contribution is 0.760. The molecule has 0 radical (unpaired) electrons. The minimum Gasteiger partial charge on any atom is -0.224 e. The minimum absolute atomic E-state index is 0.669. The van der Waals surface area contributed by atoms with Crippen molar-refractivity contribution in [2.45, 2.75) is 20.8 Å². The number of aryl methyl sites for hydroxylation is 3. The van der Waals surface area contributed by atoms with Crippen molar-refractivity contribution in [2.75, 3.05) is 0 Å². The molecular formula is C17H16N6. The molecule has 0 unspecified atom stereocenters. The number of nitrogens with zero attached hydrogens (tertiary/aromatic N) is 6. The third-order valence-corrected chi connectivity index (χ3v) is 3.68. The summed E-state index contributed by atoms with van der Waals surface area (Å²) in [5, 5.41) is 9.04. The van der Waals surface area contributed by atoms with Crippen LogP contribution >= 0.6 is 0 Å². The van der Waals surface area contributed by atoms with Crippen LogP contribution < -0.4 is 0 Å². The maximum Gasteiger partial charge on any atom is 0.199 e. The van der Waals surface area contributed by atoms with E-state index in [4.69, 9.17) is 9.97 Å². The van der Waals surface area contributed by atoms with Gasteiger partial charge in [-0.1, -0.05) is 12.1 Å². The molecule has 23 heavy (non-hydrogen) atoms. The second-order valence-corrected chi connectivity index (χ2v) is 5.60. The van der Waals surface area contributed by atoms with E-state index in [1.807, 2.05) is 68.0 Å². The molecule has 0 amide bonds. The van der Waals surface area contributed by atoms with Gasteiger partial charge in [0.25, 0.3) is 0 Å². The summed E-state index contributed by atoms with van der Waals surface area (Å²) in [5.41, 5.74) is 4.56. The molecule has 114 valence electrons. The van der Waals surface area contributed by atoms with Gasteiger partial charge in [-0.2, -0.15) is 10.2 Å². The number of rotatable bonds is 2. The Bertz CT molecular complexity index is 1010. The Kier molecular flexibility index (Phi) is 2.97. The van der Waals surface area contributed by atoms with Crippen LogP contribution in [0.2, 0.25) is 0 Å². The number of aromatic nitrogens is 6. The highest BCUT2D eigenvalue weighted by Crippen LogP contribution is 2.20. The summed E-state index contributed by atoms with van der Waals surface area (Å²) >= 11 is 0. The third-order valence-electron chi connectivity index (χ3n) is 3.68. The van der Waals surface area contributed by atoms with Gasteiger partial charge in [-0.3, -0.25) is 0 Å². The first kappa shape index (κ1) is 13.6. The van der Waals surface area contributed by atoms with Gasteiger partial charge in [0.05, 0.1) is 22.4 Å². The zero-order chi connectivity index (χ0) is 16.0. The molecule has 4 rings (SSSR count). The molecule has 0 saturated heterocycles. The molecule has 0 atom stereocenters. The molecule has 0 aliphatic rings. The van der Waals surface area contributed by atoms with Gasteiger partial charge in [-0.05, 0) is 45.0 Å². The maximum absolute atomic E-state index is 4.78. The molecule has 6 heteroatoms. The zero-order valence-electron chi connectivity index (χ0n) is 13.2. The van der Waals surface area contributed by atoms with Gasteiger partial charge in [-0.25, -0.2) is 19.3 Å². The lowest BCUT2D eigenvalue weighted by Crippen LogP contribution is -2.11. The van der Waals surface area contributed by atoms with E-state index < -0.39 is 0 Å². The van der Waals surface area contributed by atoms with Crippen LogP contribution in [0.4, 0.5) is 0 Å². The first-order valence-corrected chi connectivity index (χ1v) is 7.45. The summed E-state index contributed by atoms with van der Waals surface area (Å²) in [6.07, 6.45) is 1.89. The Morgan fingerprint density at radius 1 is 0.783 bits per heavy atom. The zero-order valence-corrected chi connectivity index (χ0v) is 13.2. The summed E-state index contributed by atoms with van der Waals surface area (Å²) in [6, 6.07) is 11.8. The summed E-state index contributed by atoms with van der Waals surface area (Å²) < 4.78 is 3.57. The van der Waals surface area contributed by atoms with Crippen LogP contribution in [0.5, 0.6) is 0 Å². The van der Waals surface area contributed by atoms with E-state index in [1.165, 1.54) is 0 Å². The smallest absolute Gasteiger partial charge is 0.199 e. The quantitative estimate of drug-likeness (QED) is 0.571. The van der Waals surface area contributed by atoms with E-state index >= 15 is 0 Å². The second kappa shape index (κ2) is 5.01. The second-order valence-electron chi connectivity index (χ2n) is 5.60. The Morgan fingerprint density at radius 2 is 1.48 bits per heavy atom. The average Bonchev–Trinajstić information content (AvgIpc) is 3.11. The maximum atomic E-state index is 4.78. The largest absolute Gasteiger partial charge is 0.224 e. The fraction of sp³-hybridized carbons (Fsp3) is 0.176. The van der Waals surface area contributed by atoms with Crippen molar-refractivity contribution in [3.05, 3.63) is 59.7 Å². The van der Waals surface area contributed by atoms with Crippen molar-refractivity contribution in [2.24, 2.45) is 0 Å². The monoisotopic (exact) mass is 304 g/mol. The molecule has 4 aromatic rings. The predicted molar refractivity (Wildman–Crippen MR) is 88.0 cm³/mol. The van der Waals surface area contributed by atoms with Crippen LogP contribution in [0.15, 0.2) is 42.6 Å². The molecule has 0 spiro atoms. The predicted octanol–water partition coefficient (Wildman–Crippen LogP) is 2.93. The molecule has 3 heterocycles. The Hall–Kier alpha value is -3.02. The van der Waals surface area contributed by atoms with Crippen molar-refractivity contribution in [1.82, 2.24) is 29.5 Å². The third kappa shape index (κ3) is 2.28. The summed E-state index contributed by atoms with van der Waals surface area (Å²) in [5.74, 6) is 1.35. The first-order valence-electron chi connectivity index (χ1n) is 7.45. The Labute approximate surface area is 133 Å². The fourth-order valence-corrected chi connectivity index (χ4v) is 2.65. The lowest BCUT2D eigenvalue weighted by Gasteiger charge is -2.11. The van der Waals surface area contributed by atoms with E-state index in [0.717, 1.165) is 28.1 Å². The minimum atomic E-state index is 0.669. The van der Waals surface area contributed by atoms with Crippen LogP contribution in [0, 0.1) is 20.8 Å². The fourth-order valence-electron chi connectivity index (χ4n) is 2.65. The van der Waals surface area contributed by atoms with Crippen LogP contribution in [0.25, 0.3) is 22.7 Å². The highest BCUT2D eigenvalue weighted by Gasteiger charge is 2.16. The molecule has 0 aliphatic carbocycles. The van der Waals surface area contributed by atoms with E-state index in [-0.39, 0.29) is 0 Å². The van der Waals surface area contributed by atoms with E-state index in [2.05, 4.69) is 10.2 Å². The summed E-state index contributed by atoms with van der Waals surface area (Å²) in [7, 11) is 0. The summed E-state index contributed by atoms with van der Waals surface area (Å²) in [6.45, 7) is 5.93. The molecule has 0 bridgehead atoms. The molecule has 6 nitrogen and oxygen atoms in total. The summed E-state index contributed by atoms with van der Waals surface area (Å²) in [4.78, 5) is 9.54. The first-order chi connectivity index (χ1) is 11.1. The Morgan fingerprint density at radius 3 is 2.04 bits per heavy atom. The standard InChI is InChI=1S/C17H16N6/c1-11-8-9-22(20-11)16-17(23-13(3)10-12(2)21-23)19-15-7-5-4-6-14(15)18-16/h4-10H,1-3H3. The average molecular weight is 304 g/mol. The van der Waals surface area contributed by atoms with Gasteiger partial charge in [0.2, 0.25) is 0 Å². The van der Waals surface area contributed by atoms with Crippen molar-refractivity contribution < 1.29 is 0 Å². The molecule has 1 aromatic carbocycles. The SMILES string of the molecule is Cc1ccn(-c2nc3ccccc3nc2-n2nc(C)cc2C)n1. The molecule has 0 N–H and O–H groups in total. The normalized spacial score (nSPS) is 11.3. The number of fused-ring (bicyclic) bond motifs is 1. The molecule has 3 aromatic heterocycles. The van der Waals surface area contributed by atoms with E-state index in [9.17, 15) is 0 Å². The van der Waals surface area contributed by atoms with Gasteiger partial charge in [0.15, 0.2) is 11.6 Å². The Balaban J connectivity index is 2.05. The van der Waals surface area contributed by atoms with Gasteiger partial charge in [0.1, 0.15) is 0 Å². The molecule has 0 saturated carbocycles. The highest BCUT2D eigenvalue weighted by molar-refractivity contribution is 5.76. The van der Waals surface area contributed by atoms with E-state index in [1.54, 1.807) is 4.68 Å². The van der Waals surface area contributed by atoms with Crippen molar-refractivity contribution in [1.29, 1.82) is 0 Å². The molecule has 0 fully saturated rings. The van der Waals surface area contributed by atoms with Crippen molar-refractivity contribution in [3.8, 4) is 11.6 Å². The number of para-hydroxylation sites is 2. The van der Waals surface area contributed by atoms with Crippen LogP contribution in [-0.2, 0) is 0 Å². The molecular weight excluding hydrogens is 288 g/mol. The number of benzene rings is 1. The highest BCUT2D eigenvalue weighted by atomic mass is 15.4. The van der Waals surface area contributed by atoms with Gasteiger partial charge in [0, 0.05) is 11.9 Å². The van der Waals surface area contributed by atoms with Crippen LogP contribution in [-0.4, -0.2) is 29.5 Å². The van der Waals surface area contributed by atoms with Crippen LogP contribution in [0.3, 0.4) is 0 Å². The van der Waals surface area contributed by atoms with Gasteiger partial charge in [-0.15, -0.1) is 0 Å².